The van der Waals surface area contributed by atoms with Crippen molar-refractivity contribution in [1.29, 1.82) is 0 Å². The van der Waals surface area contributed by atoms with E-state index in [0.29, 0.717) is 0 Å². The molecule has 1 aromatic carbocycles. The molecule has 0 bridgehead atoms. The van der Waals surface area contributed by atoms with Gasteiger partial charge in [-0.1, -0.05) is 30.3 Å². The topological polar surface area (TPSA) is 17.8 Å². The summed E-state index contributed by atoms with van der Waals surface area (Å²) in [7, 11) is 0. The average Bonchev–Trinajstić information content (AvgIpc) is 2.48. The van der Waals surface area contributed by atoms with Crippen LogP contribution in [0.5, 0.6) is 0 Å². The van der Waals surface area contributed by atoms with E-state index in [-0.39, 0.29) is 0 Å². The molecule has 0 fully saturated rings. The van der Waals surface area contributed by atoms with Crippen LogP contribution in [0.25, 0.3) is 0 Å². The van der Waals surface area contributed by atoms with Crippen LogP contribution in [0.1, 0.15) is 22.5 Å². The Morgan fingerprint density at radius 1 is 1.20 bits per heavy atom. The van der Waals surface area contributed by atoms with Crippen molar-refractivity contribution < 1.29 is 0 Å². The monoisotopic (exact) mass is 199 g/mol. The van der Waals surface area contributed by atoms with Crippen LogP contribution in [-0.2, 0) is 6.54 Å². The predicted octanol–water partition coefficient (Wildman–Crippen LogP) is 2.73. The summed E-state index contributed by atoms with van der Waals surface area (Å²) in [5.41, 5.74) is 4.48. The minimum Gasteiger partial charge on any atom is -0.265 e. The van der Waals surface area contributed by atoms with E-state index in [1.54, 1.807) is 0 Å². The van der Waals surface area contributed by atoms with E-state index < -0.39 is 0 Å². The maximum atomic E-state index is 4.46. The van der Waals surface area contributed by atoms with Crippen molar-refractivity contribution in [1.82, 2.24) is 9.78 Å². The van der Waals surface area contributed by atoms with Gasteiger partial charge >= 0.3 is 0 Å². The Kier molecular flexibility index (Phi) is 2.58. The lowest BCUT2D eigenvalue weighted by Gasteiger charge is -2.04. The highest BCUT2D eigenvalue weighted by Crippen LogP contribution is 2.12. The summed E-state index contributed by atoms with van der Waals surface area (Å²) in [5.74, 6) is 0. The standard InChI is InChI=1S/C13H15N2/c1-10-11(2)14-15(12(10)3)9-13-7-5-4-6-8-13/h4-8H,1,9H2,2-3H3. The third kappa shape index (κ3) is 1.94. The van der Waals surface area contributed by atoms with Gasteiger partial charge in [-0.15, -0.1) is 0 Å². The molecule has 2 nitrogen and oxygen atoms in total. The number of hydrogen-bond donors (Lipinski definition) is 0. The molecule has 0 aliphatic carbocycles. The molecule has 0 unspecified atom stereocenters. The molecule has 0 atom stereocenters. The summed E-state index contributed by atoms with van der Waals surface area (Å²) in [6.07, 6.45) is 0. The van der Waals surface area contributed by atoms with Gasteiger partial charge in [0.15, 0.2) is 0 Å². The van der Waals surface area contributed by atoms with Crippen LogP contribution in [0.2, 0.25) is 0 Å². The van der Waals surface area contributed by atoms with Gasteiger partial charge in [0, 0.05) is 5.69 Å². The van der Waals surface area contributed by atoms with Crippen LogP contribution in [0.15, 0.2) is 30.3 Å². The van der Waals surface area contributed by atoms with Gasteiger partial charge in [0.25, 0.3) is 0 Å². The molecule has 0 aliphatic heterocycles. The fraction of sp³-hybridized carbons (Fsp3) is 0.231. The molecule has 0 aliphatic rings. The summed E-state index contributed by atoms with van der Waals surface area (Å²) in [6, 6.07) is 10.3. The minimum absolute atomic E-state index is 0.822. The summed E-state index contributed by atoms with van der Waals surface area (Å²) < 4.78 is 2.01. The van der Waals surface area contributed by atoms with Crippen molar-refractivity contribution in [3.8, 4) is 0 Å². The van der Waals surface area contributed by atoms with E-state index in [9.17, 15) is 0 Å². The van der Waals surface area contributed by atoms with Crippen molar-refractivity contribution in [3.63, 3.8) is 0 Å². The van der Waals surface area contributed by atoms with Gasteiger partial charge in [-0.3, -0.25) is 4.68 Å². The fourth-order valence-electron chi connectivity index (χ4n) is 1.64. The van der Waals surface area contributed by atoms with Gasteiger partial charge in [0.2, 0.25) is 0 Å². The summed E-state index contributed by atoms with van der Waals surface area (Å²) in [6.45, 7) is 8.88. The Morgan fingerprint density at radius 3 is 2.40 bits per heavy atom. The number of nitrogens with zero attached hydrogens (tertiary/aromatic N) is 2. The van der Waals surface area contributed by atoms with Gasteiger partial charge < -0.3 is 0 Å². The van der Waals surface area contributed by atoms with Gasteiger partial charge in [-0.05, 0) is 31.9 Å². The van der Waals surface area contributed by atoms with Gasteiger partial charge in [0.05, 0.1) is 12.2 Å². The molecule has 0 amide bonds. The zero-order valence-electron chi connectivity index (χ0n) is 9.20. The Hall–Kier alpha value is -1.57. The lowest BCUT2D eigenvalue weighted by Crippen LogP contribution is -2.03. The minimum atomic E-state index is 0.822. The van der Waals surface area contributed by atoms with Crippen LogP contribution in [0, 0.1) is 20.8 Å². The van der Waals surface area contributed by atoms with Crippen LogP contribution in [0.4, 0.5) is 0 Å². The van der Waals surface area contributed by atoms with Gasteiger partial charge in [-0.2, -0.15) is 5.10 Å². The first-order chi connectivity index (χ1) is 7.18. The lowest BCUT2D eigenvalue weighted by atomic mass is 10.2. The first-order valence-corrected chi connectivity index (χ1v) is 5.08. The SMILES string of the molecule is [CH2]c1c(C)nn(Cc2ccccc2)c1C. The van der Waals surface area contributed by atoms with E-state index in [0.717, 1.165) is 23.5 Å². The van der Waals surface area contributed by atoms with Crippen LogP contribution < -0.4 is 0 Å². The largest absolute Gasteiger partial charge is 0.265 e. The zero-order chi connectivity index (χ0) is 10.8. The molecule has 0 N–H and O–H groups in total. The number of benzene rings is 1. The highest BCUT2D eigenvalue weighted by molar-refractivity contribution is 5.28. The molecular formula is C13H15N2. The van der Waals surface area contributed by atoms with E-state index in [1.165, 1.54) is 5.56 Å². The summed E-state index contributed by atoms with van der Waals surface area (Å²) in [5, 5.41) is 4.46. The Morgan fingerprint density at radius 2 is 1.87 bits per heavy atom. The molecule has 1 heterocycles. The summed E-state index contributed by atoms with van der Waals surface area (Å²) >= 11 is 0. The first-order valence-electron chi connectivity index (χ1n) is 5.08. The normalized spacial score (nSPS) is 10.6. The third-order valence-electron chi connectivity index (χ3n) is 2.71. The summed E-state index contributed by atoms with van der Waals surface area (Å²) in [4.78, 5) is 0. The van der Waals surface area contributed by atoms with Gasteiger partial charge in [0.1, 0.15) is 0 Å². The molecule has 1 radical (unpaired) electrons. The van der Waals surface area contributed by atoms with E-state index in [1.807, 2.05) is 29.8 Å². The molecule has 2 rings (SSSR count). The highest BCUT2D eigenvalue weighted by atomic mass is 15.3. The molecule has 0 spiro atoms. The molecule has 1 aromatic heterocycles. The number of rotatable bonds is 2. The van der Waals surface area contributed by atoms with Crippen LogP contribution in [-0.4, -0.2) is 9.78 Å². The molecular weight excluding hydrogens is 184 g/mol. The lowest BCUT2D eigenvalue weighted by molar-refractivity contribution is 0.659. The predicted molar refractivity (Wildman–Crippen MR) is 61.7 cm³/mol. The molecule has 2 heteroatoms. The first kappa shape index (κ1) is 9.97. The Labute approximate surface area is 90.6 Å². The van der Waals surface area contributed by atoms with E-state index in [2.05, 4.69) is 31.1 Å². The fourth-order valence-corrected chi connectivity index (χ4v) is 1.64. The second-order valence-corrected chi connectivity index (χ2v) is 3.79. The van der Waals surface area contributed by atoms with Crippen molar-refractivity contribution in [3.05, 3.63) is 59.8 Å². The van der Waals surface area contributed by atoms with Crippen molar-refractivity contribution >= 4 is 0 Å². The van der Waals surface area contributed by atoms with Crippen molar-refractivity contribution in [2.24, 2.45) is 0 Å². The van der Waals surface area contributed by atoms with E-state index in [4.69, 9.17) is 0 Å². The maximum absolute atomic E-state index is 4.46. The quantitative estimate of drug-likeness (QED) is 0.727. The molecule has 15 heavy (non-hydrogen) atoms. The van der Waals surface area contributed by atoms with Crippen molar-refractivity contribution in [2.45, 2.75) is 20.4 Å². The van der Waals surface area contributed by atoms with Crippen molar-refractivity contribution in [2.75, 3.05) is 0 Å². The smallest absolute Gasteiger partial charge is 0.0662 e. The van der Waals surface area contributed by atoms with Crippen LogP contribution >= 0.6 is 0 Å². The number of aryl methyl sites for hydroxylation is 1. The molecule has 77 valence electrons. The van der Waals surface area contributed by atoms with Gasteiger partial charge in [-0.25, -0.2) is 0 Å². The second-order valence-electron chi connectivity index (χ2n) is 3.79. The molecule has 0 saturated carbocycles. The van der Waals surface area contributed by atoms with E-state index >= 15 is 0 Å². The molecule has 2 aromatic rings. The number of aromatic nitrogens is 2. The van der Waals surface area contributed by atoms with Crippen LogP contribution in [0.3, 0.4) is 0 Å². The Balaban J connectivity index is 2.29. The highest BCUT2D eigenvalue weighted by Gasteiger charge is 2.06. The maximum Gasteiger partial charge on any atom is 0.0662 e. The molecule has 0 saturated heterocycles. The number of hydrogen-bond acceptors (Lipinski definition) is 1. The zero-order valence-corrected chi connectivity index (χ0v) is 9.20. The second kappa shape index (κ2) is 3.89. The third-order valence-corrected chi connectivity index (χ3v) is 2.71. The average molecular weight is 199 g/mol. The Bertz CT molecular complexity index is 455.